The number of rotatable bonds is 4. The zero-order valence-corrected chi connectivity index (χ0v) is 14.5. The number of furan rings is 1. The molecular formula is C19H20ClN3O2. The smallest absolute Gasteiger partial charge is 0.251 e. The van der Waals surface area contributed by atoms with Gasteiger partial charge in [-0.05, 0) is 43.1 Å². The average Bonchev–Trinajstić information content (AvgIpc) is 3.29. The minimum atomic E-state index is -0.0917. The Morgan fingerprint density at radius 3 is 2.88 bits per heavy atom. The minimum absolute atomic E-state index is 0. The molecule has 1 saturated heterocycles. The molecule has 0 radical (unpaired) electrons. The van der Waals surface area contributed by atoms with E-state index in [0.29, 0.717) is 18.2 Å². The molecule has 1 aliphatic rings. The Morgan fingerprint density at radius 1 is 1.28 bits per heavy atom. The van der Waals surface area contributed by atoms with Crippen LogP contribution in [0.3, 0.4) is 0 Å². The molecule has 25 heavy (non-hydrogen) atoms. The van der Waals surface area contributed by atoms with Gasteiger partial charge in [-0.2, -0.15) is 0 Å². The number of pyridine rings is 1. The van der Waals surface area contributed by atoms with Crippen LogP contribution in [0, 0.1) is 0 Å². The summed E-state index contributed by atoms with van der Waals surface area (Å²) >= 11 is 0. The van der Waals surface area contributed by atoms with Crippen molar-refractivity contribution in [1.82, 2.24) is 15.6 Å². The second-order valence-electron chi connectivity index (χ2n) is 6.07. The van der Waals surface area contributed by atoms with Gasteiger partial charge in [-0.15, -0.1) is 12.4 Å². The Bertz CT molecular complexity index is 857. The summed E-state index contributed by atoms with van der Waals surface area (Å²) in [6.45, 7) is 1.46. The maximum absolute atomic E-state index is 12.1. The molecule has 1 aromatic carbocycles. The first-order valence-corrected chi connectivity index (χ1v) is 8.24. The Balaban J connectivity index is 0.00000182. The summed E-state index contributed by atoms with van der Waals surface area (Å²) < 4.78 is 5.95. The van der Waals surface area contributed by atoms with Gasteiger partial charge < -0.3 is 15.1 Å². The molecule has 1 fully saturated rings. The van der Waals surface area contributed by atoms with Gasteiger partial charge in [-0.1, -0.05) is 18.2 Å². The van der Waals surface area contributed by atoms with Crippen molar-refractivity contribution in [2.24, 2.45) is 0 Å². The van der Waals surface area contributed by atoms with Gasteiger partial charge in [0, 0.05) is 24.4 Å². The third-order valence-corrected chi connectivity index (χ3v) is 4.34. The number of carbonyl (C=O) groups is 1. The standard InChI is InChI=1S/C19H19N3O2.ClH/c23-19(14-5-2-1-3-6-14)22-12-13-9-17-16(21-11-13)10-18(24-17)15-7-4-8-20-15;/h1-3,5-6,9-11,15,20H,4,7-8,12H2,(H,22,23);1H/t15-;/m1./s1. The van der Waals surface area contributed by atoms with E-state index >= 15 is 0 Å². The van der Waals surface area contributed by atoms with Crippen molar-refractivity contribution in [1.29, 1.82) is 0 Å². The lowest BCUT2D eigenvalue weighted by atomic mass is 10.2. The van der Waals surface area contributed by atoms with E-state index in [9.17, 15) is 4.79 Å². The fraction of sp³-hybridized carbons (Fsp3) is 0.263. The number of aromatic nitrogens is 1. The lowest BCUT2D eigenvalue weighted by Gasteiger charge is -2.05. The van der Waals surface area contributed by atoms with Crippen LogP contribution in [0.5, 0.6) is 0 Å². The van der Waals surface area contributed by atoms with Crippen molar-refractivity contribution in [2.75, 3.05) is 6.54 Å². The first kappa shape index (κ1) is 17.5. The molecule has 0 bridgehead atoms. The molecule has 1 atom stereocenters. The zero-order valence-electron chi connectivity index (χ0n) is 13.7. The van der Waals surface area contributed by atoms with Crippen molar-refractivity contribution < 1.29 is 9.21 Å². The monoisotopic (exact) mass is 357 g/mol. The van der Waals surface area contributed by atoms with Crippen LogP contribution < -0.4 is 10.6 Å². The van der Waals surface area contributed by atoms with Gasteiger partial charge in [0.15, 0.2) is 5.58 Å². The van der Waals surface area contributed by atoms with Crippen LogP contribution >= 0.6 is 12.4 Å². The molecule has 4 rings (SSSR count). The zero-order chi connectivity index (χ0) is 16.4. The molecule has 3 heterocycles. The van der Waals surface area contributed by atoms with E-state index in [4.69, 9.17) is 4.42 Å². The van der Waals surface area contributed by atoms with E-state index in [-0.39, 0.29) is 18.3 Å². The van der Waals surface area contributed by atoms with Crippen LogP contribution in [0.4, 0.5) is 0 Å². The number of fused-ring (bicyclic) bond motifs is 1. The van der Waals surface area contributed by atoms with Gasteiger partial charge in [0.25, 0.3) is 5.91 Å². The summed E-state index contributed by atoms with van der Waals surface area (Å²) in [5, 5.41) is 6.34. The van der Waals surface area contributed by atoms with Crippen LogP contribution in [0.15, 0.2) is 53.1 Å². The highest BCUT2D eigenvalue weighted by Crippen LogP contribution is 2.28. The summed E-state index contributed by atoms with van der Waals surface area (Å²) in [6, 6.07) is 13.4. The van der Waals surface area contributed by atoms with Gasteiger partial charge in [0.2, 0.25) is 0 Å². The third kappa shape index (κ3) is 3.83. The van der Waals surface area contributed by atoms with E-state index in [2.05, 4.69) is 15.6 Å². The van der Waals surface area contributed by atoms with Crippen molar-refractivity contribution in [3.05, 3.63) is 65.5 Å². The number of carbonyl (C=O) groups excluding carboxylic acids is 1. The molecular weight excluding hydrogens is 338 g/mol. The molecule has 0 spiro atoms. The maximum atomic E-state index is 12.1. The van der Waals surface area contributed by atoms with Gasteiger partial charge in [0.05, 0.1) is 6.04 Å². The molecule has 1 aliphatic heterocycles. The van der Waals surface area contributed by atoms with Crippen LogP contribution in [-0.4, -0.2) is 17.4 Å². The SMILES string of the molecule is Cl.O=C(NCc1cnc2cc([C@H]3CCCN3)oc2c1)c1ccccc1. The summed E-state index contributed by atoms with van der Waals surface area (Å²) in [4.78, 5) is 16.5. The molecule has 0 saturated carbocycles. The van der Waals surface area contributed by atoms with E-state index in [0.717, 1.165) is 35.4 Å². The third-order valence-electron chi connectivity index (χ3n) is 4.34. The van der Waals surface area contributed by atoms with Crippen molar-refractivity contribution in [3.8, 4) is 0 Å². The van der Waals surface area contributed by atoms with Gasteiger partial charge in [-0.3, -0.25) is 9.78 Å². The molecule has 130 valence electrons. The van der Waals surface area contributed by atoms with Crippen LogP contribution in [0.1, 0.15) is 40.6 Å². The second-order valence-corrected chi connectivity index (χ2v) is 6.07. The number of nitrogens with zero attached hydrogens (tertiary/aromatic N) is 1. The average molecular weight is 358 g/mol. The Hall–Kier alpha value is -2.37. The Labute approximate surface area is 152 Å². The minimum Gasteiger partial charge on any atom is -0.458 e. The number of hydrogen-bond acceptors (Lipinski definition) is 4. The highest BCUT2D eigenvalue weighted by Gasteiger charge is 2.20. The lowest BCUT2D eigenvalue weighted by molar-refractivity contribution is 0.0951. The van der Waals surface area contributed by atoms with E-state index in [1.807, 2.05) is 30.3 Å². The highest BCUT2D eigenvalue weighted by atomic mass is 35.5. The van der Waals surface area contributed by atoms with Crippen molar-refractivity contribution in [3.63, 3.8) is 0 Å². The molecule has 0 unspecified atom stereocenters. The number of nitrogens with one attached hydrogen (secondary N) is 2. The molecule has 0 aliphatic carbocycles. The summed E-state index contributed by atoms with van der Waals surface area (Å²) in [7, 11) is 0. The Morgan fingerprint density at radius 2 is 2.12 bits per heavy atom. The first-order valence-electron chi connectivity index (χ1n) is 8.24. The van der Waals surface area contributed by atoms with Gasteiger partial charge in [-0.25, -0.2) is 0 Å². The van der Waals surface area contributed by atoms with Crippen LogP contribution in [0.2, 0.25) is 0 Å². The highest BCUT2D eigenvalue weighted by molar-refractivity contribution is 5.94. The topological polar surface area (TPSA) is 67.2 Å². The van der Waals surface area contributed by atoms with Crippen LogP contribution in [-0.2, 0) is 6.54 Å². The van der Waals surface area contributed by atoms with Gasteiger partial charge in [0.1, 0.15) is 11.3 Å². The largest absolute Gasteiger partial charge is 0.458 e. The number of hydrogen-bond donors (Lipinski definition) is 2. The van der Waals surface area contributed by atoms with Gasteiger partial charge >= 0.3 is 0 Å². The normalized spacial score (nSPS) is 16.6. The predicted octanol–water partition coefficient (Wildman–Crippen LogP) is 3.60. The number of benzene rings is 1. The predicted molar refractivity (Wildman–Crippen MR) is 98.8 cm³/mol. The lowest BCUT2D eigenvalue weighted by Crippen LogP contribution is -2.22. The molecule has 6 heteroatoms. The van der Waals surface area contributed by atoms with E-state index in [1.165, 1.54) is 6.42 Å². The van der Waals surface area contributed by atoms with Crippen LogP contribution in [0.25, 0.3) is 11.1 Å². The van der Waals surface area contributed by atoms with E-state index in [1.54, 1.807) is 18.3 Å². The molecule has 1 amide bonds. The summed E-state index contributed by atoms with van der Waals surface area (Å²) in [5.41, 5.74) is 3.20. The fourth-order valence-corrected chi connectivity index (χ4v) is 3.05. The fourth-order valence-electron chi connectivity index (χ4n) is 3.05. The molecule has 2 N–H and O–H groups in total. The number of halogens is 1. The first-order chi connectivity index (χ1) is 11.8. The molecule has 5 nitrogen and oxygen atoms in total. The summed E-state index contributed by atoms with van der Waals surface area (Å²) in [6.07, 6.45) is 4.06. The Kier molecular flexibility index (Phi) is 5.36. The quantitative estimate of drug-likeness (QED) is 0.748. The second kappa shape index (κ2) is 7.68. The van der Waals surface area contributed by atoms with Crippen molar-refractivity contribution in [2.45, 2.75) is 25.4 Å². The summed E-state index contributed by atoms with van der Waals surface area (Å²) in [5.74, 6) is 0.853. The maximum Gasteiger partial charge on any atom is 0.251 e. The van der Waals surface area contributed by atoms with E-state index < -0.39 is 0 Å². The number of amides is 1. The molecule has 3 aromatic rings. The molecule has 2 aromatic heterocycles. The van der Waals surface area contributed by atoms with Crippen molar-refractivity contribution >= 4 is 29.4 Å².